The number of rotatable bonds is 2. The Morgan fingerprint density at radius 3 is 2.33 bits per heavy atom. The van der Waals surface area contributed by atoms with E-state index >= 15 is 0 Å². The van der Waals surface area contributed by atoms with Crippen LogP contribution in [-0.4, -0.2) is 10.2 Å². The van der Waals surface area contributed by atoms with Crippen molar-refractivity contribution in [2.75, 3.05) is 5.73 Å². The molecule has 0 atom stereocenters. The largest absolute Gasteiger partial charge is 0.382 e. The Balaban J connectivity index is 2.24. The fraction of sp³-hybridized carbons (Fsp3) is 0. The monoisotopic (exact) mass is 345 g/mol. The van der Waals surface area contributed by atoms with E-state index in [2.05, 4.69) is 10.2 Å². The summed E-state index contributed by atoms with van der Waals surface area (Å²) in [7, 11) is 0. The van der Waals surface area contributed by atoms with Crippen molar-refractivity contribution in [2.24, 2.45) is 0 Å². The van der Waals surface area contributed by atoms with E-state index in [9.17, 15) is 8.78 Å². The van der Waals surface area contributed by atoms with Crippen LogP contribution in [0.25, 0.3) is 22.4 Å². The van der Waals surface area contributed by atoms with Gasteiger partial charge in [0.25, 0.3) is 0 Å². The maximum absolute atomic E-state index is 13.4. The summed E-state index contributed by atoms with van der Waals surface area (Å²) < 4.78 is 27.7. The third kappa shape index (κ3) is 2.62. The van der Waals surface area contributed by atoms with Crippen molar-refractivity contribution in [3.8, 4) is 22.4 Å². The van der Waals surface area contributed by atoms with Crippen molar-refractivity contribution in [2.45, 2.75) is 0 Å². The molecule has 1 aromatic carbocycles. The molecular formula is C13H7Cl2F2N3S. The Hall–Kier alpha value is -1.63. The smallest absolute Gasteiger partial charge is 0.153 e. The van der Waals surface area contributed by atoms with Crippen molar-refractivity contribution in [1.29, 1.82) is 0 Å². The maximum atomic E-state index is 13.4. The predicted molar refractivity (Wildman–Crippen MR) is 81.7 cm³/mol. The molecule has 0 aliphatic heterocycles. The van der Waals surface area contributed by atoms with Gasteiger partial charge in [0.15, 0.2) is 5.82 Å². The Morgan fingerprint density at radius 2 is 1.76 bits per heavy atom. The first-order valence-corrected chi connectivity index (χ1v) is 7.28. The van der Waals surface area contributed by atoms with Crippen LogP contribution in [0, 0.1) is 11.6 Å². The molecule has 3 N–H and O–H groups in total. The van der Waals surface area contributed by atoms with Gasteiger partial charge in [-0.25, -0.2) is 8.78 Å². The van der Waals surface area contributed by atoms with Gasteiger partial charge >= 0.3 is 0 Å². The standard InChI is InChI=1S/C13H7Cl2F2N3S/c14-9-4-8(12(15)21-9)11-10(13(18)20-19-11)5-1-6(16)3-7(17)2-5/h1-4H,(H3,18,19,20). The zero-order valence-corrected chi connectivity index (χ0v) is 12.6. The number of thiophene rings is 1. The van der Waals surface area contributed by atoms with Crippen molar-refractivity contribution in [3.63, 3.8) is 0 Å². The molecule has 0 bridgehead atoms. The second kappa shape index (κ2) is 5.29. The summed E-state index contributed by atoms with van der Waals surface area (Å²) in [5.41, 5.74) is 7.50. The van der Waals surface area contributed by atoms with E-state index in [1.165, 1.54) is 23.5 Å². The summed E-state index contributed by atoms with van der Waals surface area (Å²) in [6, 6.07) is 4.78. The number of nitrogen functional groups attached to an aromatic ring is 1. The van der Waals surface area contributed by atoms with Crippen LogP contribution in [0.15, 0.2) is 24.3 Å². The molecule has 0 saturated heterocycles. The number of anilines is 1. The van der Waals surface area contributed by atoms with Gasteiger partial charge in [0.1, 0.15) is 16.0 Å². The third-order valence-corrected chi connectivity index (χ3v) is 4.36. The number of hydrogen-bond acceptors (Lipinski definition) is 3. The Kier molecular flexibility index (Phi) is 3.61. The molecule has 0 amide bonds. The number of nitrogens with one attached hydrogen (secondary N) is 1. The molecule has 0 saturated carbocycles. The highest BCUT2D eigenvalue weighted by molar-refractivity contribution is 7.20. The summed E-state index contributed by atoms with van der Waals surface area (Å²) in [4.78, 5) is 0. The van der Waals surface area contributed by atoms with Crippen molar-refractivity contribution in [1.82, 2.24) is 10.2 Å². The molecule has 2 heterocycles. The van der Waals surface area contributed by atoms with Crippen molar-refractivity contribution in [3.05, 3.63) is 44.6 Å². The quantitative estimate of drug-likeness (QED) is 0.688. The lowest BCUT2D eigenvalue weighted by Crippen LogP contribution is -1.90. The lowest BCUT2D eigenvalue weighted by molar-refractivity contribution is 0.584. The van der Waals surface area contributed by atoms with E-state index in [0.29, 0.717) is 25.5 Å². The highest BCUT2D eigenvalue weighted by Gasteiger charge is 2.19. The van der Waals surface area contributed by atoms with E-state index in [1.54, 1.807) is 6.07 Å². The molecule has 2 aromatic heterocycles. The predicted octanol–water partition coefficient (Wildman–Crippen LogP) is 4.97. The molecule has 3 aromatic rings. The van der Waals surface area contributed by atoms with Crippen LogP contribution < -0.4 is 5.73 Å². The maximum Gasteiger partial charge on any atom is 0.153 e. The molecule has 0 unspecified atom stereocenters. The van der Waals surface area contributed by atoms with Gasteiger partial charge in [-0.05, 0) is 23.8 Å². The Labute approximate surface area is 132 Å². The first kappa shape index (κ1) is 14.3. The number of hydrogen-bond donors (Lipinski definition) is 2. The van der Waals surface area contributed by atoms with Crippen LogP contribution in [0.5, 0.6) is 0 Å². The normalized spacial score (nSPS) is 11.0. The van der Waals surface area contributed by atoms with Crippen molar-refractivity contribution < 1.29 is 8.78 Å². The number of halogens is 4. The lowest BCUT2D eigenvalue weighted by Gasteiger charge is -2.04. The SMILES string of the molecule is Nc1n[nH]c(-c2cc(Cl)sc2Cl)c1-c1cc(F)cc(F)c1. The van der Waals surface area contributed by atoms with Crippen LogP contribution in [-0.2, 0) is 0 Å². The van der Waals surface area contributed by atoms with Gasteiger partial charge in [-0.3, -0.25) is 5.10 Å². The molecule has 3 rings (SSSR count). The molecule has 21 heavy (non-hydrogen) atoms. The van der Waals surface area contributed by atoms with E-state index in [1.807, 2.05) is 0 Å². The van der Waals surface area contributed by atoms with Crippen LogP contribution in [0.4, 0.5) is 14.6 Å². The first-order valence-electron chi connectivity index (χ1n) is 5.71. The molecule has 8 heteroatoms. The van der Waals surface area contributed by atoms with Crippen molar-refractivity contribution >= 4 is 40.4 Å². The zero-order chi connectivity index (χ0) is 15.1. The molecule has 0 radical (unpaired) electrons. The van der Waals surface area contributed by atoms with Gasteiger partial charge < -0.3 is 5.73 Å². The third-order valence-electron chi connectivity index (χ3n) is 2.87. The summed E-state index contributed by atoms with van der Waals surface area (Å²) >= 11 is 13.2. The number of aromatic amines is 1. The molecule has 108 valence electrons. The average molecular weight is 346 g/mol. The Morgan fingerprint density at radius 1 is 1.10 bits per heavy atom. The minimum Gasteiger partial charge on any atom is -0.382 e. The average Bonchev–Trinajstić information content (AvgIpc) is 2.90. The van der Waals surface area contributed by atoms with Gasteiger partial charge in [-0.2, -0.15) is 5.10 Å². The molecule has 0 aliphatic carbocycles. The van der Waals surface area contributed by atoms with Crippen LogP contribution in [0.1, 0.15) is 0 Å². The second-order valence-electron chi connectivity index (χ2n) is 4.25. The van der Waals surface area contributed by atoms with Crippen LogP contribution in [0.2, 0.25) is 8.67 Å². The molecule has 0 aliphatic rings. The van der Waals surface area contributed by atoms with E-state index in [4.69, 9.17) is 28.9 Å². The summed E-state index contributed by atoms with van der Waals surface area (Å²) in [6.45, 7) is 0. The van der Waals surface area contributed by atoms with E-state index < -0.39 is 11.6 Å². The molecule has 0 fully saturated rings. The van der Waals surface area contributed by atoms with Gasteiger partial charge in [-0.1, -0.05) is 23.2 Å². The summed E-state index contributed by atoms with van der Waals surface area (Å²) in [5.74, 6) is -1.29. The van der Waals surface area contributed by atoms with E-state index in [0.717, 1.165) is 6.07 Å². The van der Waals surface area contributed by atoms with Gasteiger partial charge in [0.05, 0.1) is 15.6 Å². The summed E-state index contributed by atoms with van der Waals surface area (Å²) in [6.07, 6.45) is 0. The van der Waals surface area contributed by atoms with Crippen LogP contribution >= 0.6 is 34.5 Å². The second-order valence-corrected chi connectivity index (χ2v) is 6.54. The van der Waals surface area contributed by atoms with E-state index in [-0.39, 0.29) is 11.4 Å². The topological polar surface area (TPSA) is 54.7 Å². The van der Waals surface area contributed by atoms with Crippen LogP contribution in [0.3, 0.4) is 0 Å². The first-order chi connectivity index (χ1) is 9.95. The fourth-order valence-corrected chi connectivity index (χ4v) is 3.53. The minimum absolute atomic E-state index is 0.119. The molecular weight excluding hydrogens is 339 g/mol. The highest BCUT2D eigenvalue weighted by atomic mass is 35.5. The highest BCUT2D eigenvalue weighted by Crippen LogP contribution is 2.43. The number of H-pyrrole nitrogens is 1. The molecule has 3 nitrogen and oxygen atoms in total. The summed E-state index contributed by atoms with van der Waals surface area (Å²) in [5, 5.41) is 6.62. The lowest BCUT2D eigenvalue weighted by atomic mass is 10.0. The number of nitrogens with zero attached hydrogens (tertiary/aromatic N) is 1. The minimum atomic E-state index is -0.703. The van der Waals surface area contributed by atoms with Gasteiger partial charge in [-0.15, -0.1) is 11.3 Å². The van der Waals surface area contributed by atoms with Gasteiger partial charge in [0.2, 0.25) is 0 Å². The number of aromatic nitrogens is 2. The number of benzene rings is 1. The Bertz CT molecular complexity index is 809. The fourth-order valence-electron chi connectivity index (χ4n) is 2.05. The molecule has 0 spiro atoms. The zero-order valence-electron chi connectivity index (χ0n) is 10.3. The van der Waals surface area contributed by atoms with Gasteiger partial charge in [0, 0.05) is 11.6 Å². The number of nitrogens with two attached hydrogens (primary N) is 1.